The maximum Gasteiger partial charge on any atom is 0.119 e. The largest absolute Gasteiger partial charge is 0.330 e. The van der Waals surface area contributed by atoms with Crippen molar-refractivity contribution in [2.45, 2.75) is 13.5 Å². The maximum absolute atomic E-state index is 5.43. The molecule has 2 N–H and O–H groups in total. The van der Waals surface area contributed by atoms with Crippen LogP contribution in [-0.4, -0.2) is 21.3 Å². The van der Waals surface area contributed by atoms with Gasteiger partial charge in [0, 0.05) is 6.54 Å². The lowest BCUT2D eigenvalue weighted by atomic mass is 10.2. The minimum absolute atomic E-state index is 0.496. The molecular weight excluding hydrogens is 128 g/mol. The summed E-state index contributed by atoms with van der Waals surface area (Å²) < 4.78 is 1.93. The number of hydrogen-bond acceptors (Lipinski definition) is 3. The molecule has 0 bridgehead atoms. The molecule has 1 heterocycles. The molecule has 1 aromatic rings. The van der Waals surface area contributed by atoms with Gasteiger partial charge in [-0.2, -0.15) is 0 Å². The quantitative estimate of drug-likeness (QED) is 0.636. The van der Waals surface area contributed by atoms with Crippen LogP contribution in [0, 0.1) is 5.92 Å². The smallest absolute Gasteiger partial charge is 0.119 e. The molecule has 10 heavy (non-hydrogen) atoms. The predicted molar refractivity (Wildman–Crippen MR) is 38.2 cm³/mol. The highest BCUT2D eigenvalue weighted by Gasteiger charge is 1.98. The molecule has 0 spiro atoms. The molecule has 0 aliphatic rings. The van der Waals surface area contributed by atoms with Crippen molar-refractivity contribution >= 4 is 0 Å². The molecule has 0 saturated heterocycles. The van der Waals surface area contributed by atoms with E-state index in [9.17, 15) is 0 Å². The topological polar surface area (TPSA) is 56.7 Å². The van der Waals surface area contributed by atoms with E-state index in [1.807, 2.05) is 4.57 Å². The SMILES string of the molecule is CC(CN)Cn1cnnc1. The summed E-state index contributed by atoms with van der Waals surface area (Å²) in [6, 6.07) is 0. The summed E-state index contributed by atoms with van der Waals surface area (Å²) in [7, 11) is 0. The second-order valence-corrected chi connectivity index (χ2v) is 2.50. The van der Waals surface area contributed by atoms with Crippen LogP contribution in [0.15, 0.2) is 12.7 Å². The molecule has 0 aliphatic carbocycles. The van der Waals surface area contributed by atoms with Gasteiger partial charge in [-0.15, -0.1) is 10.2 Å². The van der Waals surface area contributed by atoms with Gasteiger partial charge in [-0.1, -0.05) is 6.92 Å². The molecule has 4 nitrogen and oxygen atoms in total. The van der Waals surface area contributed by atoms with Crippen molar-refractivity contribution in [1.82, 2.24) is 14.8 Å². The number of aromatic nitrogens is 3. The average Bonchev–Trinajstić information content (AvgIpc) is 2.40. The Balaban J connectivity index is 2.40. The zero-order chi connectivity index (χ0) is 7.40. The van der Waals surface area contributed by atoms with E-state index >= 15 is 0 Å². The summed E-state index contributed by atoms with van der Waals surface area (Å²) in [6.07, 6.45) is 3.40. The first kappa shape index (κ1) is 7.21. The van der Waals surface area contributed by atoms with Gasteiger partial charge in [0.15, 0.2) is 0 Å². The van der Waals surface area contributed by atoms with Gasteiger partial charge in [0.25, 0.3) is 0 Å². The van der Waals surface area contributed by atoms with Crippen molar-refractivity contribution in [3.05, 3.63) is 12.7 Å². The van der Waals surface area contributed by atoms with Crippen LogP contribution in [-0.2, 0) is 6.54 Å². The van der Waals surface area contributed by atoms with Crippen LogP contribution in [0.25, 0.3) is 0 Å². The van der Waals surface area contributed by atoms with Crippen molar-refractivity contribution in [3.8, 4) is 0 Å². The summed E-state index contributed by atoms with van der Waals surface area (Å²) in [5, 5.41) is 7.36. The van der Waals surface area contributed by atoms with Crippen LogP contribution in [0.2, 0.25) is 0 Å². The zero-order valence-corrected chi connectivity index (χ0v) is 6.07. The highest BCUT2D eigenvalue weighted by atomic mass is 15.2. The molecule has 56 valence electrons. The second kappa shape index (κ2) is 3.31. The van der Waals surface area contributed by atoms with Gasteiger partial charge in [-0.05, 0) is 12.5 Å². The fourth-order valence-electron chi connectivity index (χ4n) is 0.751. The van der Waals surface area contributed by atoms with E-state index in [2.05, 4.69) is 17.1 Å². The van der Waals surface area contributed by atoms with E-state index in [1.54, 1.807) is 12.7 Å². The Morgan fingerprint density at radius 2 is 2.10 bits per heavy atom. The summed E-state index contributed by atoms with van der Waals surface area (Å²) in [5.74, 6) is 0.496. The van der Waals surface area contributed by atoms with Gasteiger partial charge in [0.2, 0.25) is 0 Å². The van der Waals surface area contributed by atoms with Gasteiger partial charge >= 0.3 is 0 Å². The molecule has 0 saturated carbocycles. The third-order valence-corrected chi connectivity index (χ3v) is 1.39. The third kappa shape index (κ3) is 1.80. The Morgan fingerprint density at radius 1 is 1.50 bits per heavy atom. The Bertz CT molecular complexity index is 170. The number of hydrogen-bond donors (Lipinski definition) is 1. The molecule has 0 fully saturated rings. The Labute approximate surface area is 60.1 Å². The van der Waals surface area contributed by atoms with Crippen LogP contribution < -0.4 is 5.73 Å². The molecule has 1 unspecified atom stereocenters. The maximum atomic E-state index is 5.43. The predicted octanol–water partition coefficient (Wildman–Crippen LogP) is -0.127. The molecule has 0 aromatic carbocycles. The van der Waals surface area contributed by atoms with Gasteiger partial charge < -0.3 is 10.3 Å². The van der Waals surface area contributed by atoms with Crippen LogP contribution in [0.1, 0.15) is 6.92 Å². The van der Waals surface area contributed by atoms with Gasteiger partial charge in [-0.3, -0.25) is 0 Å². The van der Waals surface area contributed by atoms with Crippen molar-refractivity contribution in [1.29, 1.82) is 0 Å². The van der Waals surface area contributed by atoms with Gasteiger partial charge in [0.1, 0.15) is 12.7 Å². The van der Waals surface area contributed by atoms with Gasteiger partial charge in [0.05, 0.1) is 0 Å². The molecule has 0 radical (unpaired) electrons. The Hall–Kier alpha value is -0.900. The van der Waals surface area contributed by atoms with Crippen molar-refractivity contribution in [2.75, 3.05) is 6.54 Å². The Morgan fingerprint density at radius 3 is 2.60 bits per heavy atom. The van der Waals surface area contributed by atoms with Crippen LogP contribution >= 0.6 is 0 Å². The number of nitrogens with zero attached hydrogens (tertiary/aromatic N) is 3. The van der Waals surface area contributed by atoms with E-state index in [4.69, 9.17) is 5.73 Å². The van der Waals surface area contributed by atoms with E-state index in [1.165, 1.54) is 0 Å². The monoisotopic (exact) mass is 140 g/mol. The molecule has 1 aromatic heterocycles. The lowest BCUT2D eigenvalue weighted by molar-refractivity contribution is 0.490. The summed E-state index contributed by atoms with van der Waals surface area (Å²) >= 11 is 0. The van der Waals surface area contributed by atoms with Crippen molar-refractivity contribution < 1.29 is 0 Å². The zero-order valence-electron chi connectivity index (χ0n) is 6.07. The van der Waals surface area contributed by atoms with Crippen LogP contribution in [0.4, 0.5) is 0 Å². The fraction of sp³-hybridized carbons (Fsp3) is 0.667. The van der Waals surface area contributed by atoms with Crippen molar-refractivity contribution in [3.63, 3.8) is 0 Å². The average molecular weight is 140 g/mol. The standard InChI is InChI=1S/C6H12N4/c1-6(2-7)3-10-4-8-9-5-10/h4-6H,2-3,7H2,1H3. The second-order valence-electron chi connectivity index (χ2n) is 2.50. The minimum Gasteiger partial charge on any atom is -0.330 e. The molecule has 1 rings (SSSR count). The number of nitrogens with two attached hydrogens (primary N) is 1. The third-order valence-electron chi connectivity index (χ3n) is 1.39. The lowest BCUT2D eigenvalue weighted by Crippen LogP contribution is -2.16. The highest BCUT2D eigenvalue weighted by Crippen LogP contribution is 1.95. The minimum atomic E-state index is 0.496. The first-order valence-corrected chi connectivity index (χ1v) is 3.35. The Kier molecular flexibility index (Phi) is 2.39. The summed E-state index contributed by atoms with van der Waals surface area (Å²) in [4.78, 5) is 0. The molecule has 0 amide bonds. The van der Waals surface area contributed by atoms with E-state index in [-0.39, 0.29) is 0 Å². The first-order chi connectivity index (χ1) is 4.83. The van der Waals surface area contributed by atoms with Crippen LogP contribution in [0.5, 0.6) is 0 Å². The normalized spacial score (nSPS) is 13.4. The molecule has 0 aliphatic heterocycles. The van der Waals surface area contributed by atoms with Crippen LogP contribution in [0.3, 0.4) is 0 Å². The molecule has 1 atom stereocenters. The molecule has 4 heteroatoms. The fourth-order valence-corrected chi connectivity index (χ4v) is 0.751. The summed E-state index contributed by atoms with van der Waals surface area (Å²) in [5.41, 5.74) is 5.43. The van der Waals surface area contributed by atoms with Gasteiger partial charge in [-0.25, -0.2) is 0 Å². The van der Waals surface area contributed by atoms with Crippen molar-refractivity contribution in [2.24, 2.45) is 11.7 Å². The van der Waals surface area contributed by atoms with E-state index < -0.39 is 0 Å². The molecular formula is C6H12N4. The first-order valence-electron chi connectivity index (χ1n) is 3.35. The summed E-state index contributed by atoms with van der Waals surface area (Å²) in [6.45, 7) is 3.71. The number of rotatable bonds is 3. The van der Waals surface area contributed by atoms with E-state index in [0.29, 0.717) is 12.5 Å². The van der Waals surface area contributed by atoms with E-state index in [0.717, 1.165) is 6.54 Å². The lowest BCUT2D eigenvalue weighted by Gasteiger charge is -2.06. The highest BCUT2D eigenvalue weighted by molar-refractivity contribution is 4.63.